The zero-order valence-electron chi connectivity index (χ0n) is 11.7. The number of hydrogen-bond acceptors (Lipinski definition) is 4. The van der Waals surface area contributed by atoms with Crippen molar-refractivity contribution < 1.29 is 18.3 Å². The van der Waals surface area contributed by atoms with E-state index >= 15 is 0 Å². The number of aliphatic hydroxyl groups excluding tert-OH is 1. The Labute approximate surface area is 128 Å². The van der Waals surface area contributed by atoms with Crippen LogP contribution in [0, 0.1) is 0 Å². The van der Waals surface area contributed by atoms with Gasteiger partial charge in [0, 0.05) is 6.42 Å². The minimum atomic E-state index is -3.63. The molecule has 0 amide bonds. The molecule has 4 rings (SSSR count). The van der Waals surface area contributed by atoms with Gasteiger partial charge in [0.1, 0.15) is 11.9 Å². The van der Waals surface area contributed by atoms with Crippen LogP contribution in [0.15, 0.2) is 52.3 Å². The van der Waals surface area contributed by atoms with Gasteiger partial charge >= 0.3 is 0 Å². The standard InChI is InChI=1S/C17H14O4S/c18-17(13-5-6-14-11(9-13)7-8-21-14)16-10-12-3-1-2-4-15(12)22(16,19)20/h1-6,9-10,17-18H,7-8H2. The van der Waals surface area contributed by atoms with E-state index < -0.39 is 15.9 Å². The maximum absolute atomic E-state index is 12.6. The molecule has 2 aliphatic heterocycles. The first-order chi connectivity index (χ1) is 10.6. The number of hydrogen-bond donors (Lipinski definition) is 1. The van der Waals surface area contributed by atoms with E-state index in [9.17, 15) is 13.5 Å². The summed E-state index contributed by atoms with van der Waals surface area (Å²) in [6.07, 6.45) is 1.17. The van der Waals surface area contributed by atoms with Gasteiger partial charge in [-0.25, -0.2) is 8.42 Å². The van der Waals surface area contributed by atoms with Gasteiger partial charge < -0.3 is 9.84 Å². The van der Waals surface area contributed by atoms with Crippen LogP contribution < -0.4 is 4.74 Å². The fraction of sp³-hybridized carbons (Fsp3) is 0.176. The average molecular weight is 314 g/mol. The molecule has 0 saturated heterocycles. The second-order valence-electron chi connectivity index (χ2n) is 5.46. The lowest BCUT2D eigenvalue weighted by atomic mass is 10.0. The van der Waals surface area contributed by atoms with E-state index in [4.69, 9.17) is 4.74 Å². The monoisotopic (exact) mass is 314 g/mol. The van der Waals surface area contributed by atoms with Gasteiger partial charge in [0.05, 0.1) is 16.4 Å². The molecule has 1 atom stereocenters. The lowest BCUT2D eigenvalue weighted by molar-refractivity contribution is 0.224. The van der Waals surface area contributed by atoms with E-state index in [0.29, 0.717) is 17.7 Å². The van der Waals surface area contributed by atoms with Crippen molar-refractivity contribution in [2.45, 2.75) is 17.4 Å². The number of fused-ring (bicyclic) bond motifs is 2. The number of ether oxygens (including phenoxy) is 1. The lowest BCUT2D eigenvalue weighted by Gasteiger charge is -2.13. The molecule has 112 valence electrons. The highest BCUT2D eigenvalue weighted by Crippen LogP contribution is 2.40. The molecule has 2 heterocycles. The fourth-order valence-corrected chi connectivity index (χ4v) is 4.63. The largest absolute Gasteiger partial charge is 0.493 e. The van der Waals surface area contributed by atoms with E-state index in [-0.39, 0.29) is 9.80 Å². The molecule has 2 aliphatic rings. The molecular weight excluding hydrogens is 300 g/mol. The first-order valence-electron chi connectivity index (χ1n) is 7.07. The molecule has 0 aromatic heterocycles. The summed E-state index contributed by atoms with van der Waals surface area (Å²) in [5.41, 5.74) is 2.21. The second kappa shape index (κ2) is 4.69. The topological polar surface area (TPSA) is 63.6 Å². The number of benzene rings is 2. The highest BCUT2D eigenvalue weighted by atomic mass is 32.2. The Hall–Kier alpha value is -2.11. The van der Waals surface area contributed by atoms with Crippen molar-refractivity contribution in [3.05, 3.63) is 64.1 Å². The van der Waals surface area contributed by atoms with Gasteiger partial charge in [0.15, 0.2) is 0 Å². The number of sulfone groups is 1. The van der Waals surface area contributed by atoms with Gasteiger partial charge in [0.2, 0.25) is 9.84 Å². The second-order valence-corrected chi connectivity index (χ2v) is 7.37. The van der Waals surface area contributed by atoms with Crippen molar-refractivity contribution in [2.75, 3.05) is 6.61 Å². The van der Waals surface area contributed by atoms with E-state index in [1.165, 1.54) is 0 Å². The van der Waals surface area contributed by atoms with Crippen LogP contribution in [0.4, 0.5) is 0 Å². The van der Waals surface area contributed by atoms with Gasteiger partial charge in [-0.15, -0.1) is 0 Å². The van der Waals surface area contributed by atoms with Crippen LogP contribution >= 0.6 is 0 Å². The Bertz CT molecular complexity index is 897. The molecule has 1 N–H and O–H groups in total. The molecule has 0 spiro atoms. The Kier molecular flexibility index (Phi) is 2.89. The van der Waals surface area contributed by atoms with Crippen molar-refractivity contribution >= 4 is 15.9 Å². The van der Waals surface area contributed by atoms with Crippen LogP contribution in [-0.4, -0.2) is 20.1 Å². The van der Waals surface area contributed by atoms with Gasteiger partial charge in [-0.05, 0) is 41.0 Å². The van der Waals surface area contributed by atoms with Gasteiger partial charge in [-0.1, -0.05) is 24.3 Å². The molecule has 0 saturated carbocycles. The first kappa shape index (κ1) is 13.5. The summed E-state index contributed by atoms with van der Waals surface area (Å²) in [5, 5.41) is 10.6. The zero-order chi connectivity index (χ0) is 15.3. The summed E-state index contributed by atoms with van der Waals surface area (Å²) in [5.74, 6) is 0.808. The smallest absolute Gasteiger partial charge is 0.206 e. The minimum Gasteiger partial charge on any atom is -0.493 e. The van der Waals surface area contributed by atoms with Crippen molar-refractivity contribution in [1.29, 1.82) is 0 Å². The third-order valence-corrected chi connectivity index (χ3v) is 6.03. The van der Waals surface area contributed by atoms with Gasteiger partial charge in [-0.2, -0.15) is 0 Å². The number of aliphatic hydroxyl groups is 1. The van der Waals surface area contributed by atoms with E-state index in [1.54, 1.807) is 42.5 Å². The van der Waals surface area contributed by atoms with Gasteiger partial charge in [-0.3, -0.25) is 0 Å². The molecule has 0 aliphatic carbocycles. The van der Waals surface area contributed by atoms with Crippen LogP contribution in [0.1, 0.15) is 22.8 Å². The molecule has 1 unspecified atom stereocenters. The SMILES string of the molecule is O=S1(=O)C(C(O)c2ccc3c(c2)CCO3)=Cc2ccccc21. The lowest BCUT2D eigenvalue weighted by Crippen LogP contribution is -2.09. The summed E-state index contributed by atoms with van der Waals surface area (Å²) in [7, 11) is -3.63. The van der Waals surface area contributed by atoms with Gasteiger partial charge in [0.25, 0.3) is 0 Å². The van der Waals surface area contributed by atoms with Crippen molar-refractivity contribution in [3.8, 4) is 5.75 Å². The highest BCUT2D eigenvalue weighted by molar-refractivity contribution is 7.95. The Morgan fingerprint density at radius 3 is 2.77 bits per heavy atom. The van der Waals surface area contributed by atoms with Crippen LogP contribution in [-0.2, 0) is 16.3 Å². The molecule has 2 aromatic rings. The Morgan fingerprint density at radius 2 is 1.95 bits per heavy atom. The quantitative estimate of drug-likeness (QED) is 0.925. The Balaban J connectivity index is 1.77. The van der Waals surface area contributed by atoms with Crippen LogP contribution in [0.5, 0.6) is 5.75 Å². The number of rotatable bonds is 2. The van der Waals surface area contributed by atoms with Crippen LogP contribution in [0.2, 0.25) is 0 Å². The summed E-state index contributed by atoms with van der Waals surface area (Å²) in [6, 6.07) is 12.1. The molecule has 0 bridgehead atoms. The first-order valence-corrected chi connectivity index (χ1v) is 8.55. The zero-order valence-corrected chi connectivity index (χ0v) is 12.5. The molecule has 4 nitrogen and oxygen atoms in total. The maximum atomic E-state index is 12.6. The molecule has 0 radical (unpaired) electrons. The van der Waals surface area contributed by atoms with E-state index in [0.717, 1.165) is 17.7 Å². The normalized spacial score (nSPS) is 19.0. The molecule has 5 heteroatoms. The third-order valence-electron chi connectivity index (χ3n) is 4.12. The molecule has 0 fully saturated rings. The maximum Gasteiger partial charge on any atom is 0.206 e. The fourth-order valence-electron chi connectivity index (χ4n) is 2.97. The average Bonchev–Trinajstić information content (AvgIpc) is 3.09. The molecule has 2 aromatic carbocycles. The predicted octanol–water partition coefficient (Wildman–Crippen LogP) is 2.48. The molecular formula is C17H14O4S. The van der Waals surface area contributed by atoms with Crippen LogP contribution in [0.3, 0.4) is 0 Å². The predicted molar refractivity (Wildman–Crippen MR) is 82.2 cm³/mol. The van der Waals surface area contributed by atoms with Crippen LogP contribution in [0.25, 0.3) is 6.08 Å². The van der Waals surface area contributed by atoms with Crippen molar-refractivity contribution in [2.24, 2.45) is 0 Å². The van der Waals surface area contributed by atoms with E-state index in [1.807, 2.05) is 6.07 Å². The molecule has 22 heavy (non-hydrogen) atoms. The third kappa shape index (κ3) is 1.90. The van der Waals surface area contributed by atoms with Crippen molar-refractivity contribution in [3.63, 3.8) is 0 Å². The summed E-state index contributed by atoms with van der Waals surface area (Å²) >= 11 is 0. The highest BCUT2D eigenvalue weighted by Gasteiger charge is 2.34. The summed E-state index contributed by atoms with van der Waals surface area (Å²) in [4.78, 5) is 0.293. The summed E-state index contributed by atoms with van der Waals surface area (Å²) < 4.78 is 30.6. The minimum absolute atomic E-state index is 0.0348. The Morgan fingerprint density at radius 1 is 1.14 bits per heavy atom. The summed E-state index contributed by atoms with van der Waals surface area (Å²) in [6.45, 7) is 0.626. The van der Waals surface area contributed by atoms with E-state index in [2.05, 4.69) is 0 Å². The van der Waals surface area contributed by atoms with Crippen molar-refractivity contribution in [1.82, 2.24) is 0 Å².